The highest BCUT2D eigenvalue weighted by Crippen LogP contribution is 2.26. The molecule has 17 heavy (non-hydrogen) atoms. The Morgan fingerprint density at radius 3 is 2.88 bits per heavy atom. The fourth-order valence-corrected chi connectivity index (χ4v) is 2.52. The number of halogens is 1. The molecule has 1 aliphatic rings. The second-order valence-electron chi connectivity index (χ2n) is 4.70. The van der Waals surface area contributed by atoms with E-state index in [2.05, 4.69) is 5.32 Å². The summed E-state index contributed by atoms with van der Waals surface area (Å²) in [6.07, 6.45) is 4.36. The van der Waals surface area contributed by atoms with Crippen LogP contribution in [-0.2, 0) is 6.42 Å². The van der Waals surface area contributed by atoms with Crippen molar-refractivity contribution >= 4 is 0 Å². The number of benzene rings is 1. The van der Waals surface area contributed by atoms with E-state index in [1.807, 2.05) is 6.92 Å². The summed E-state index contributed by atoms with van der Waals surface area (Å²) in [6, 6.07) is 3.61. The quantitative estimate of drug-likeness (QED) is 0.872. The molecule has 0 aliphatic carbocycles. The van der Waals surface area contributed by atoms with Gasteiger partial charge in [-0.1, -0.05) is 6.42 Å². The molecule has 1 heterocycles. The molecule has 1 N–H and O–H groups in total. The molecule has 1 aliphatic heterocycles. The van der Waals surface area contributed by atoms with Crippen LogP contribution in [0.15, 0.2) is 12.1 Å². The van der Waals surface area contributed by atoms with Gasteiger partial charge in [0.15, 0.2) is 0 Å². The lowest BCUT2D eigenvalue weighted by Gasteiger charge is -2.24. The summed E-state index contributed by atoms with van der Waals surface area (Å²) in [5, 5.41) is 3.45. The summed E-state index contributed by atoms with van der Waals surface area (Å²) in [4.78, 5) is 0. The number of ether oxygens (including phenoxy) is 1. The van der Waals surface area contributed by atoms with Gasteiger partial charge in [0.05, 0.1) is 7.11 Å². The van der Waals surface area contributed by atoms with Crippen molar-refractivity contribution < 1.29 is 9.13 Å². The van der Waals surface area contributed by atoms with Gasteiger partial charge in [0.1, 0.15) is 11.6 Å². The normalized spacial score (nSPS) is 20.3. The van der Waals surface area contributed by atoms with Crippen LogP contribution < -0.4 is 10.1 Å². The summed E-state index contributed by atoms with van der Waals surface area (Å²) in [5.41, 5.74) is 1.73. The lowest BCUT2D eigenvalue weighted by atomic mass is 9.94. The van der Waals surface area contributed by atoms with E-state index in [-0.39, 0.29) is 5.82 Å². The van der Waals surface area contributed by atoms with Crippen molar-refractivity contribution in [3.8, 4) is 5.75 Å². The van der Waals surface area contributed by atoms with Crippen molar-refractivity contribution in [2.24, 2.45) is 0 Å². The van der Waals surface area contributed by atoms with E-state index in [4.69, 9.17) is 4.74 Å². The molecule has 1 saturated heterocycles. The van der Waals surface area contributed by atoms with Gasteiger partial charge in [0.2, 0.25) is 0 Å². The first-order valence-corrected chi connectivity index (χ1v) is 6.27. The molecule has 0 radical (unpaired) electrons. The molecule has 1 aromatic carbocycles. The summed E-state index contributed by atoms with van der Waals surface area (Å²) in [7, 11) is 1.63. The predicted octanol–water partition coefficient (Wildman–Crippen LogP) is 2.83. The van der Waals surface area contributed by atoms with Crippen molar-refractivity contribution in [2.45, 2.75) is 38.6 Å². The second-order valence-corrected chi connectivity index (χ2v) is 4.70. The van der Waals surface area contributed by atoms with Gasteiger partial charge in [0, 0.05) is 6.04 Å². The minimum Gasteiger partial charge on any atom is -0.496 e. The third-order valence-corrected chi connectivity index (χ3v) is 3.57. The zero-order valence-corrected chi connectivity index (χ0v) is 10.6. The smallest absolute Gasteiger partial charge is 0.126 e. The maximum atomic E-state index is 13.8. The van der Waals surface area contributed by atoms with Crippen LogP contribution in [0, 0.1) is 12.7 Å². The highest BCUT2D eigenvalue weighted by Gasteiger charge is 2.18. The molecule has 1 aromatic rings. The van der Waals surface area contributed by atoms with Crippen LogP contribution in [-0.4, -0.2) is 19.7 Å². The van der Waals surface area contributed by atoms with Gasteiger partial charge in [-0.25, -0.2) is 4.39 Å². The van der Waals surface area contributed by atoms with Gasteiger partial charge < -0.3 is 10.1 Å². The Morgan fingerprint density at radius 1 is 1.41 bits per heavy atom. The summed E-state index contributed by atoms with van der Waals surface area (Å²) >= 11 is 0. The SMILES string of the molecule is COc1ccc(F)c(CC2CCCCN2)c1C. The Hall–Kier alpha value is -1.09. The summed E-state index contributed by atoms with van der Waals surface area (Å²) < 4.78 is 19.1. The minimum absolute atomic E-state index is 0.115. The van der Waals surface area contributed by atoms with E-state index in [0.29, 0.717) is 6.04 Å². The Kier molecular flexibility index (Phi) is 4.00. The highest BCUT2D eigenvalue weighted by atomic mass is 19.1. The van der Waals surface area contributed by atoms with Gasteiger partial charge in [0.25, 0.3) is 0 Å². The van der Waals surface area contributed by atoms with Crippen LogP contribution in [0.4, 0.5) is 4.39 Å². The van der Waals surface area contributed by atoms with Gasteiger partial charge in [-0.3, -0.25) is 0 Å². The van der Waals surface area contributed by atoms with E-state index in [1.54, 1.807) is 13.2 Å². The molecule has 94 valence electrons. The van der Waals surface area contributed by atoms with Crippen molar-refractivity contribution in [2.75, 3.05) is 13.7 Å². The fourth-order valence-electron chi connectivity index (χ4n) is 2.52. The average molecular weight is 237 g/mol. The molecule has 0 aromatic heterocycles. The molecule has 1 fully saturated rings. The topological polar surface area (TPSA) is 21.3 Å². The van der Waals surface area contributed by atoms with E-state index in [9.17, 15) is 4.39 Å². The Balaban J connectivity index is 2.18. The lowest BCUT2D eigenvalue weighted by Crippen LogP contribution is -2.36. The Labute approximate surface area is 102 Å². The molecule has 3 heteroatoms. The first kappa shape index (κ1) is 12.4. The van der Waals surface area contributed by atoms with Gasteiger partial charge in [-0.05, 0) is 56.0 Å². The molecule has 2 nitrogen and oxygen atoms in total. The number of nitrogens with one attached hydrogen (secondary N) is 1. The maximum Gasteiger partial charge on any atom is 0.126 e. The highest BCUT2D eigenvalue weighted by molar-refractivity contribution is 5.40. The second kappa shape index (κ2) is 5.50. The molecular weight excluding hydrogens is 217 g/mol. The zero-order valence-electron chi connectivity index (χ0n) is 10.6. The zero-order chi connectivity index (χ0) is 12.3. The van der Waals surface area contributed by atoms with Crippen molar-refractivity contribution in [3.63, 3.8) is 0 Å². The van der Waals surface area contributed by atoms with Crippen LogP contribution in [0.25, 0.3) is 0 Å². The number of methoxy groups -OCH3 is 1. The Morgan fingerprint density at radius 2 is 2.24 bits per heavy atom. The van der Waals surface area contributed by atoms with E-state index in [0.717, 1.165) is 36.3 Å². The van der Waals surface area contributed by atoms with Crippen LogP contribution >= 0.6 is 0 Å². The molecule has 1 atom stereocenters. The van der Waals surface area contributed by atoms with Gasteiger partial charge in [-0.15, -0.1) is 0 Å². The van der Waals surface area contributed by atoms with Crippen LogP contribution in [0.2, 0.25) is 0 Å². The minimum atomic E-state index is -0.115. The van der Waals surface area contributed by atoms with Crippen LogP contribution in [0.1, 0.15) is 30.4 Å². The number of rotatable bonds is 3. The molecule has 0 saturated carbocycles. The number of hydrogen-bond acceptors (Lipinski definition) is 2. The first-order valence-electron chi connectivity index (χ1n) is 6.27. The van der Waals surface area contributed by atoms with Crippen LogP contribution in [0.3, 0.4) is 0 Å². The van der Waals surface area contributed by atoms with Gasteiger partial charge in [-0.2, -0.15) is 0 Å². The van der Waals surface area contributed by atoms with E-state index >= 15 is 0 Å². The van der Waals surface area contributed by atoms with E-state index in [1.165, 1.54) is 18.9 Å². The third kappa shape index (κ3) is 2.78. The van der Waals surface area contributed by atoms with Crippen molar-refractivity contribution in [1.82, 2.24) is 5.32 Å². The molecule has 1 unspecified atom stereocenters. The summed E-state index contributed by atoms with van der Waals surface area (Å²) in [6.45, 7) is 2.98. The fraction of sp³-hybridized carbons (Fsp3) is 0.571. The molecular formula is C14H20FNO. The van der Waals surface area contributed by atoms with Crippen molar-refractivity contribution in [1.29, 1.82) is 0 Å². The standard InChI is InChI=1S/C14H20FNO/c1-10-12(9-11-5-3-4-8-16-11)13(15)6-7-14(10)17-2/h6-7,11,16H,3-5,8-9H2,1-2H3. The lowest BCUT2D eigenvalue weighted by molar-refractivity contribution is 0.389. The summed E-state index contributed by atoms with van der Waals surface area (Å²) in [5.74, 6) is 0.660. The maximum absolute atomic E-state index is 13.8. The third-order valence-electron chi connectivity index (χ3n) is 3.57. The predicted molar refractivity (Wildman–Crippen MR) is 67.0 cm³/mol. The number of piperidine rings is 1. The molecule has 2 rings (SSSR count). The largest absolute Gasteiger partial charge is 0.496 e. The average Bonchev–Trinajstić information content (AvgIpc) is 2.36. The monoisotopic (exact) mass is 237 g/mol. The molecule has 0 bridgehead atoms. The molecule has 0 amide bonds. The first-order chi connectivity index (χ1) is 8.22. The molecule has 0 spiro atoms. The Bertz CT molecular complexity index is 386. The van der Waals surface area contributed by atoms with Gasteiger partial charge >= 0.3 is 0 Å². The number of hydrogen-bond donors (Lipinski definition) is 1. The van der Waals surface area contributed by atoms with Crippen LogP contribution in [0.5, 0.6) is 5.75 Å². The van der Waals surface area contributed by atoms with Crippen molar-refractivity contribution in [3.05, 3.63) is 29.1 Å². The van der Waals surface area contributed by atoms with E-state index < -0.39 is 0 Å².